The zero-order valence-corrected chi connectivity index (χ0v) is 40.0. The Hall–Kier alpha value is -2.29. The Bertz CT molecular complexity index is 1210. The van der Waals surface area contributed by atoms with Gasteiger partial charge in [-0.25, -0.2) is 0 Å². The molecule has 0 aromatic heterocycles. The average Bonchev–Trinajstić information content (AvgIpc) is 3.20. The van der Waals surface area contributed by atoms with Crippen LogP contribution in [0.5, 0.6) is 0 Å². The van der Waals surface area contributed by atoms with Gasteiger partial charge in [0.05, 0.1) is 27.7 Å². The number of likely N-dealkylation sites (N-methyl/N-ethyl adjacent to an activating group) is 1. The van der Waals surface area contributed by atoms with Crippen molar-refractivity contribution in [3.8, 4) is 0 Å². The smallest absolute Gasteiger partial charge is 0.306 e. The number of ether oxygens (including phenoxy) is 2. The lowest BCUT2D eigenvalue weighted by molar-refractivity contribution is -0.870. The van der Waals surface area contributed by atoms with E-state index in [0.29, 0.717) is 23.9 Å². The van der Waals surface area contributed by atoms with Gasteiger partial charge >= 0.3 is 11.9 Å². The van der Waals surface area contributed by atoms with Gasteiger partial charge in [0.25, 0.3) is 7.82 Å². The average molecular weight is 864 g/mol. The van der Waals surface area contributed by atoms with E-state index in [1.54, 1.807) is 0 Å². The number of nitrogens with zero attached hydrogens (tertiary/aromatic N) is 1. The van der Waals surface area contributed by atoms with Crippen LogP contribution in [0.1, 0.15) is 194 Å². The van der Waals surface area contributed by atoms with Gasteiger partial charge in [-0.05, 0) is 64.2 Å². The number of phosphoric acid groups is 1. The molecule has 0 amide bonds. The second kappa shape index (κ2) is 42.0. The van der Waals surface area contributed by atoms with Gasteiger partial charge < -0.3 is 27.9 Å². The van der Waals surface area contributed by atoms with Crippen LogP contribution in [0.15, 0.2) is 60.8 Å². The number of carbonyl (C=O) groups is 2. The molecule has 0 aromatic rings. The number of carbonyl (C=O) groups excluding carboxylic acids is 2. The molecule has 0 aliphatic rings. The van der Waals surface area contributed by atoms with Crippen molar-refractivity contribution in [1.29, 1.82) is 0 Å². The van der Waals surface area contributed by atoms with Crippen LogP contribution in [0.2, 0.25) is 0 Å². The van der Waals surface area contributed by atoms with Crippen molar-refractivity contribution in [2.45, 2.75) is 200 Å². The Morgan fingerprint density at radius 2 is 0.933 bits per heavy atom. The minimum atomic E-state index is -4.65. The van der Waals surface area contributed by atoms with E-state index in [1.165, 1.54) is 116 Å². The molecule has 0 rings (SSSR count). The highest BCUT2D eigenvalue weighted by Gasteiger charge is 2.21. The van der Waals surface area contributed by atoms with Crippen molar-refractivity contribution < 1.29 is 42.1 Å². The summed E-state index contributed by atoms with van der Waals surface area (Å²) in [6.45, 7) is 4.12. The largest absolute Gasteiger partial charge is 0.756 e. The second-order valence-electron chi connectivity index (χ2n) is 17.1. The van der Waals surface area contributed by atoms with Gasteiger partial charge in [-0.1, -0.05) is 177 Å². The van der Waals surface area contributed by atoms with E-state index in [4.69, 9.17) is 18.5 Å². The van der Waals surface area contributed by atoms with Crippen LogP contribution in [0, 0.1) is 0 Å². The maximum absolute atomic E-state index is 12.7. The van der Waals surface area contributed by atoms with Crippen molar-refractivity contribution in [2.75, 3.05) is 47.5 Å². The molecular formula is C50H90NO8P. The topological polar surface area (TPSA) is 111 Å². The van der Waals surface area contributed by atoms with Gasteiger partial charge in [-0.2, -0.15) is 0 Å². The number of phosphoric ester groups is 1. The molecule has 0 saturated heterocycles. The molecule has 10 heteroatoms. The fourth-order valence-corrected chi connectivity index (χ4v) is 6.98. The second-order valence-corrected chi connectivity index (χ2v) is 18.5. The third-order valence-corrected chi connectivity index (χ3v) is 11.0. The van der Waals surface area contributed by atoms with E-state index in [9.17, 15) is 19.0 Å². The fourth-order valence-electron chi connectivity index (χ4n) is 6.25. The third-order valence-electron chi connectivity index (χ3n) is 10.0. The van der Waals surface area contributed by atoms with Crippen molar-refractivity contribution >= 4 is 19.8 Å². The Kier molecular flexibility index (Phi) is 40.4. The predicted molar refractivity (Wildman–Crippen MR) is 250 cm³/mol. The minimum absolute atomic E-state index is 0.0468. The van der Waals surface area contributed by atoms with Gasteiger partial charge in [0.2, 0.25) is 0 Å². The standard InChI is InChI=1S/C50H90NO8P/c1-6-8-10-12-14-16-18-20-22-23-24-25-26-27-29-30-32-34-36-38-40-42-49(52)56-46-48(47-58-60(54,55)57-45-44-51(3,4)5)59-50(53)43-41-39-37-35-33-31-28-21-19-17-15-13-11-9-7-2/h22-23,25-26,29-30,34,36-37,39,48H,6-21,24,27-28,31-33,35,38,40-47H2,1-5H3/b23-22+,26-25+,30-29+,36-34+,39-37+/t48-/m0/s1. The van der Waals surface area contributed by atoms with Crippen LogP contribution in [-0.4, -0.2) is 70.0 Å². The lowest BCUT2D eigenvalue weighted by atomic mass is 10.1. The van der Waals surface area contributed by atoms with Crippen molar-refractivity contribution in [3.63, 3.8) is 0 Å². The summed E-state index contributed by atoms with van der Waals surface area (Å²) < 4.78 is 33.8. The lowest BCUT2D eigenvalue weighted by Gasteiger charge is -2.28. The first-order valence-corrected chi connectivity index (χ1v) is 25.5. The Morgan fingerprint density at radius 1 is 0.517 bits per heavy atom. The quantitative estimate of drug-likeness (QED) is 0.0196. The molecule has 0 spiro atoms. The van der Waals surface area contributed by atoms with Crippen LogP contribution in [0.25, 0.3) is 0 Å². The minimum Gasteiger partial charge on any atom is -0.756 e. The molecule has 9 nitrogen and oxygen atoms in total. The van der Waals surface area contributed by atoms with Crippen LogP contribution < -0.4 is 4.89 Å². The summed E-state index contributed by atoms with van der Waals surface area (Å²) in [7, 11) is 1.11. The Morgan fingerprint density at radius 3 is 1.42 bits per heavy atom. The summed E-state index contributed by atoms with van der Waals surface area (Å²) in [4.78, 5) is 37.5. The molecule has 0 saturated carbocycles. The number of rotatable bonds is 43. The zero-order chi connectivity index (χ0) is 44.3. The van der Waals surface area contributed by atoms with Gasteiger partial charge in [-0.15, -0.1) is 0 Å². The molecule has 0 fully saturated rings. The Labute approximate surface area is 368 Å². The van der Waals surface area contributed by atoms with E-state index < -0.39 is 32.5 Å². The molecule has 2 atom stereocenters. The van der Waals surface area contributed by atoms with Crippen molar-refractivity contribution in [2.24, 2.45) is 0 Å². The van der Waals surface area contributed by atoms with Gasteiger partial charge in [0, 0.05) is 12.8 Å². The monoisotopic (exact) mass is 864 g/mol. The van der Waals surface area contributed by atoms with Crippen LogP contribution in [-0.2, 0) is 32.7 Å². The summed E-state index contributed by atoms with van der Waals surface area (Å²) >= 11 is 0. The zero-order valence-electron chi connectivity index (χ0n) is 39.1. The number of allylic oxidation sites excluding steroid dienone is 10. The Balaban J connectivity index is 4.43. The number of hydrogen-bond donors (Lipinski definition) is 0. The van der Waals surface area contributed by atoms with E-state index in [0.717, 1.165) is 38.5 Å². The highest BCUT2D eigenvalue weighted by atomic mass is 31.2. The number of esters is 2. The normalized spacial score (nSPS) is 14.0. The molecule has 0 aromatic carbocycles. The number of unbranched alkanes of at least 4 members (excludes halogenated alkanes) is 19. The molecule has 0 aliphatic heterocycles. The molecule has 348 valence electrons. The van der Waals surface area contributed by atoms with Crippen molar-refractivity contribution in [1.82, 2.24) is 0 Å². The summed E-state index contributed by atoms with van der Waals surface area (Å²) in [5, 5.41) is 0. The molecule has 0 aliphatic carbocycles. The molecule has 0 N–H and O–H groups in total. The summed E-state index contributed by atoms with van der Waals surface area (Å²) in [5.74, 6) is -0.957. The first-order valence-electron chi connectivity index (χ1n) is 24.0. The van der Waals surface area contributed by atoms with E-state index in [1.807, 2.05) is 27.2 Å². The van der Waals surface area contributed by atoms with Crippen LogP contribution >= 0.6 is 7.82 Å². The van der Waals surface area contributed by atoms with E-state index in [2.05, 4.69) is 68.5 Å². The van der Waals surface area contributed by atoms with E-state index >= 15 is 0 Å². The highest BCUT2D eigenvalue weighted by molar-refractivity contribution is 7.45. The molecule has 0 heterocycles. The van der Waals surface area contributed by atoms with Crippen LogP contribution in [0.3, 0.4) is 0 Å². The summed E-state index contributed by atoms with van der Waals surface area (Å²) in [6, 6.07) is 0. The molecular weight excluding hydrogens is 774 g/mol. The maximum Gasteiger partial charge on any atom is 0.306 e. The highest BCUT2D eigenvalue weighted by Crippen LogP contribution is 2.38. The molecule has 0 bridgehead atoms. The number of quaternary nitrogens is 1. The van der Waals surface area contributed by atoms with E-state index in [-0.39, 0.29) is 26.1 Å². The summed E-state index contributed by atoms with van der Waals surface area (Å²) in [6.07, 6.45) is 51.3. The number of hydrogen-bond acceptors (Lipinski definition) is 8. The molecule has 60 heavy (non-hydrogen) atoms. The fraction of sp³-hybridized carbons (Fsp3) is 0.760. The maximum atomic E-state index is 12.7. The third kappa shape index (κ3) is 45.2. The first kappa shape index (κ1) is 57.7. The van der Waals surface area contributed by atoms with Gasteiger partial charge in [-0.3, -0.25) is 14.2 Å². The SMILES string of the molecule is CCCCCCCCC/C=C/C/C=C/C/C=C/C/C=C/CCCC(=O)OC[C@@H](COP(=O)([O-])OCC[N+](C)(C)C)OC(=O)CC/C=C/CCCCCCCCCCCCC. The predicted octanol–water partition coefficient (Wildman–Crippen LogP) is 13.4. The first-order chi connectivity index (χ1) is 29.0. The lowest BCUT2D eigenvalue weighted by Crippen LogP contribution is -2.37. The van der Waals surface area contributed by atoms with Crippen LogP contribution in [0.4, 0.5) is 0 Å². The summed E-state index contributed by atoms with van der Waals surface area (Å²) in [5.41, 5.74) is 0. The van der Waals surface area contributed by atoms with Crippen molar-refractivity contribution in [3.05, 3.63) is 60.8 Å². The van der Waals surface area contributed by atoms with Gasteiger partial charge in [0.1, 0.15) is 19.8 Å². The molecule has 0 radical (unpaired) electrons. The van der Waals surface area contributed by atoms with Gasteiger partial charge in [0.15, 0.2) is 6.10 Å². The molecule has 1 unspecified atom stereocenters.